The molecule has 6 heteroatoms. The second kappa shape index (κ2) is 10.8. The fraction of sp³-hybridized carbons (Fsp3) is 0.636. The molecule has 1 aliphatic rings. The first-order valence-corrected chi connectivity index (χ1v) is 10.2. The van der Waals surface area contributed by atoms with Crippen LogP contribution in [0, 0.1) is 11.7 Å². The third-order valence-electron chi connectivity index (χ3n) is 5.01. The van der Waals surface area contributed by atoms with Crippen molar-refractivity contribution in [1.82, 2.24) is 0 Å². The molecule has 0 N–H and O–H groups in total. The Morgan fingerprint density at radius 1 is 1.14 bits per heavy atom. The second-order valence-corrected chi connectivity index (χ2v) is 7.34. The fourth-order valence-electron chi connectivity index (χ4n) is 3.31. The van der Waals surface area contributed by atoms with Crippen LogP contribution in [0.4, 0.5) is 17.6 Å². The van der Waals surface area contributed by atoms with Crippen molar-refractivity contribution in [3.63, 3.8) is 0 Å². The van der Waals surface area contributed by atoms with Crippen LogP contribution in [0.1, 0.15) is 69.9 Å². The molecular formula is C22H30F4O2. The average Bonchev–Trinajstić information content (AvgIpc) is 2.66. The lowest BCUT2D eigenvalue weighted by Crippen LogP contribution is -2.24. The molecule has 1 aliphatic heterocycles. The van der Waals surface area contributed by atoms with E-state index < -0.39 is 17.6 Å². The predicted molar refractivity (Wildman–Crippen MR) is 103 cm³/mol. The standard InChI is InChI=1S/C22H30F4O2/c1-3-5-7-18-12-9-16(15-28-18)8-10-17-11-13-19(27-14-6-4-2)21(23)20(17)22(24,25)26/h8,10-11,13,16,18H,3-7,9,12,14-15H2,1-2H3/b10-8+. The molecule has 2 unspecified atom stereocenters. The van der Waals surface area contributed by atoms with Gasteiger partial charge in [-0.3, -0.25) is 0 Å². The summed E-state index contributed by atoms with van der Waals surface area (Å²) < 4.78 is 65.9. The van der Waals surface area contributed by atoms with E-state index in [1.807, 2.05) is 6.92 Å². The summed E-state index contributed by atoms with van der Waals surface area (Å²) >= 11 is 0. The monoisotopic (exact) mass is 402 g/mol. The van der Waals surface area contributed by atoms with E-state index in [1.165, 1.54) is 18.2 Å². The molecule has 28 heavy (non-hydrogen) atoms. The van der Waals surface area contributed by atoms with Crippen molar-refractivity contribution in [2.75, 3.05) is 13.2 Å². The Labute approximate surface area is 164 Å². The largest absolute Gasteiger partial charge is 0.491 e. The summed E-state index contributed by atoms with van der Waals surface area (Å²) in [5, 5.41) is 0. The van der Waals surface area contributed by atoms with Crippen molar-refractivity contribution in [1.29, 1.82) is 0 Å². The van der Waals surface area contributed by atoms with Crippen LogP contribution >= 0.6 is 0 Å². The molecule has 0 bridgehead atoms. The second-order valence-electron chi connectivity index (χ2n) is 7.34. The number of ether oxygens (including phenoxy) is 2. The van der Waals surface area contributed by atoms with Gasteiger partial charge in [-0.15, -0.1) is 0 Å². The van der Waals surface area contributed by atoms with E-state index in [4.69, 9.17) is 9.47 Å². The van der Waals surface area contributed by atoms with Gasteiger partial charge in [-0.25, -0.2) is 4.39 Å². The number of rotatable bonds is 9. The van der Waals surface area contributed by atoms with E-state index in [1.54, 1.807) is 6.08 Å². The normalized spacial score (nSPS) is 20.6. The number of hydrogen-bond acceptors (Lipinski definition) is 2. The average molecular weight is 402 g/mol. The number of benzene rings is 1. The molecule has 2 rings (SSSR count). The highest BCUT2D eigenvalue weighted by atomic mass is 19.4. The van der Waals surface area contributed by atoms with Crippen LogP contribution in [0.3, 0.4) is 0 Å². The lowest BCUT2D eigenvalue weighted by molar-refractivity contribution is -0.140. The fourth-order valence-corrected chi connectivity index (χ4v) is 3.31. The van der Waals surface area contributed by atoms with Gasteiger partial charge in [0.2, 0.25) is 0 Å². The zero-order chi connectivity index (χ0) is 20.6. The van der Waals surface area contributed by atoms with Gasteiger partial charge in [0.1, 0.15) is 5.56 Å². The zero-order valence-electron chi connectivity index (χ0n) is 16.7. The molecule has 0 aromatic heterocycles. The maximum absolute atomic E-state index is 14.5. The van der Waals surface area contributed by atoms with Crippen LogP contribution in [0.25, 0.3) is 6.08 Å². The van der Waals surface area contributed by atoms with Gasteiger partial charge in [-0.2, -0.15) is 13.2 Å². The molecule has 158 valence electrons. The van der Waals surface area contributed by atoms with Crippen molar-refractivity contribution in [3.05, 3.63) is 35.2 Å². The molecule has 1 fully saturated rings. The van der Waals surface area contributed by atoms with Crippen LogP contribution in [0.2, 0.25) is 0 Å². The maximum Gasteiger partial charge on any atom is 0.419 e. The quantitative estimate of drug-likeness (QED) is 0.326. The van der Waals surface area contributed by atoms with Gasteiger partial charge in [0.25, 0.3) is 0 Å². The van der Waals surface area contributed by atoms with E-state index in [0.717, 1.165) is 38.5 Å². The molecule has 2 nitrogen and oxygen atoms in total. The first-order valence-electron chi connectivity index (χ1n) is 10.2. The molecule has 1 heterocycles. The van der Waals surface area contributed by atoms with Gasteiger partial charge in [-0.1, -0.05) is 51.3 Å². The number of unbranched alkanes of at least 4 members (excludes halogenated alkanes) is 2. The van der Waals surface area contributed by atoms with Crippen molar-refractivity contribution in [3.8, 4) is 5.75 Å². The SMILES string of the molecule is CCCCOc1ccc(/C=C/C2CCC(CCCC)OC2)c(C(F)(F)F)c1F. The molecule has 0 aliphatic carbocycles. The highest BCUT2D eigenvalue weighted by Gasteiger charge is 2.38. The minimum atomic E-state index is -4.79. The Balaban J connectivity index is 2.10. The Kier molecular flexibility index (Phi) is 8.80. The first-order chi connectivity index (χ1) is 13.4. The Bertz CT molecular complexity index is 632. The van der Waals surface area contributed by atoms with Gasteiger partial charge < -0.3 is 9.47 Å². The zero-order valence-corrected chi connectivity index (χ0v) is 16.7. The minimum absolute atomic E-state index is 0.0440. The van der Waals surface area contributed by atoms with E-state index in [-0.39, 0.29) is 29.9 Å². The molecule has 0 saturated carbocycles. The summed E-state index contributed by atoms with van der Waals surface area (Å²) in [7, 11) is 0. The van der Waals surface area contributed by atoms with E-state index in [2.05, 4.69) is 6.92 Å². The molecular weight excluding hydrogens is 372 g/mol. The molecule has 0 amide bonds. The summed E-state index contributed by atoms with van der Waals surface area (Å²) in [5.74, 6) is -1.65. The summed E-state index contributed by atoms with van der Waals surface area (Å²) in [6, 6.07) is 2.55. The van der Waals surface area contributed by atoms with Crippen molar-refractivity contribution < 1.29 is 27.0 Å². The van der Waals surface area contributed by atoms with Crippen LogP contribution in [-0.2, 0) is 10.9 Å². The highest BCUT2D eigenvalue weighted by Crippen LogP contribution is 2.38. The number of hydrogen-bond donors (Lipinski definition) is 0. The molecule has 1 saturated heterocycles. The molecule has 1 aromatic carbocycles. The van der Waals surface area contributed by atoms with Crippen LogP contribution in [-0.4, -0.2) is 19.3 Å². The van der Waals surface area contributed by atoms with Gasteiger partial charge in [0.05, 0.1) is 19.3 Å². The van der Waals surface area contributed by atoms with E-state index >= 15 is 0 Å². The Morgan fingerprint density at radius 3 is 2.50 bits per heavy atom. The van der Waals surface area contributed by atoms with Gasteiger partial charge in [-0.05, 0) is 37.3 Å². The molecule has 0 spiro atoms. The molecule has 2 atom stereocenters. The molecule has 0 radical (unpaired) electrons. The van der Waals surface area contributed by atoms with Gasteiger partial charge in [0, 0.05) is 5.92 Å². The lowest BCUT2D eigenvalue weighted by Gasteiger charge is -2.27. The van der Waals surface area contributed by atoms with Crippen molar-refractivity contribution in [2.24, 2.45) is 5.92 Å². The smallest absolute Gasteiger partial charge is 0.419 e. The van der Waals surface area contributed by atoms with Gasteiger partial charge in [0.15, 0.2) is 11.6 Å². The first kappa shape index (κ1) is 22.7. The molecule has 1 aromatic rings. The Hall–Kier alpha value is -1.56. The summed E-state index contributed by atoms with van der Waals surface area (Å²) in [4.78, 5) is 0. The Morgan fingerprint density at radius 2 is 1.89 bits per heavy atom. The topological polar surface area (TPSA) is 18.5 Å². The summed E-state index contributed by atoms with van der Waals surface area (Å²) in [6.07, 6.45) is 5.03. The van der Waals surface area contributed by atoms with Gasteiger partial charge >= 0.3 is 6.18 Å². The summed E-state index contributed by atoms with van der Waals surface area (Å²) in [5.41, 5.74) is -1.45. The lowest BCUT2D eigenvalue weighted by atomic mass is 9.94. The maximum atomic E-state index is 14.5. The minimum Gasteiger partial charge on any atom is -0.491 e. The third kappa shape index (κ3) is 6.50. The number of alkyl halides is 3. The third-order valence-corrected chi connectivity index (χ3v) is 5.01. The number of halogens is 4. The van der Waals surface area contributed by atoms with Crippen LogP contribution in [0.15, 0.2) is 18.2 Å². The highest BCUT2D eigenvalue weighted by molar-refractivity contribution is 5.57. The van der Waals surface area contributed by atoms with Crippen molar-refractivity contribution in [2.45, 2.75) is 71.1 Å². The summed E-state index contributed by atoms with van der Waals surface area (Å²) in [6.45, 7) is 4.74. The van der Waals surface area contributed by atoms with Crippen LogP contribution in [0.5, 0.6) is 5.75 Å². The van der Waals surface area contributed by atoms with Crippen LogP contribution < -0.4 is 4.74 Å². The van der Waals surface area contributed by atoms with E-state index in [0.29, 0.717) is 13.0 Å². The predicted octanol–water partition coefficient (Wildman–Crippen LogP) is 7.02. The van der Waals surface area contributed by atoms with Crippen molar-refractivity contribution >= 4 is 6.08 Å². The van der Waals surface area contributed by atoms with E-state index in [9.17, 15) is 17.6 Å².